The number of aryl methyl sites for hydroxylation is 1. The third kappa shape index (κ3) is 4.72. The van der Waals surface area contributed by atoms with Gasteiger partial charge in [-0.1, -0.05) is 50.4 Å². The largest absolute Gasteiger partial charge is 0.312 e. The zero-order chi connectivity index (χ0) is 12.5. The molecule has 0 fully saturated rings. The third-order valence-electron chi connectivity index (χ3n) is 3.08. The molecule has 1 unspecified atom stereocenters. The summed E-state index contributed by atoms with van der Waals surface area (Å²) in [6.45, 7) is 4.45. The summed E-state index contributed by atoms with van der Waals surface area (Å²) in [5.41, 5.74) is 1.20. The van der Waals surface area contributed by atoms with Crippen LogP contribution in [0.2, 0.25) is 0 Å². The molecule has 4 heteroatoms. The van der Waals surface area contributed by atoms with E-state index in [1.165, 1.54) is 42.7 Å². The van der Waals surface area contributed by atoms with Crippen LogP contribution in [0.25, 0.3) is 0 Å². The summed E-state index contributed by atoms with van der Waals surface area (Å²) in [5.74, 6) is 0. The lowest BCUT2D eigenvalue weighted by Crippen LogP contribution is -2.16. The van der Waals surface area contributed by atoms with Gasteiger partial charge in [0.05, 0.1) is 10.6 Å². The average Bonchev–Trinajstić information content (AvgIpc) is 2.78. The van der Waals surface area contributed by atoms with E-state index in [1.807, 2.05) is 7.05 Å². The van der Waals surface area contributed by atoms with Crippen LogP contribution < -0.4 is 5.32 Å². The van der Waals surface area contributed by atoms with Crippen LogP contribution in [0.5, 0.6) is 0 Å². The third-order valence-corrected chi connectivity index (χ3v) is 3.96. The first-order chi connectivity index (χ1) is 8.33. The van der Waals surface area contributed by atoms with Crippen molar-refractivity contribution in [2.45, 2.75) is 64.8 Å². The molecule has 0 saturated heterocycles. The molecule has 0 amide bonds. The molecule has 1 rings (SSSR count). The van der Waals surface area contributed by atoms with E-state index in [0.29, 0.717) is 6.04 Å². The number of hydrogen-bond donors (Lipinski definition) is 1. The number of aromatic nitrogens is 2. The molecule has 98 valence electrons. The highest BCUT2D eigenvalue weighted by molar-refractivity contribution is 7.05. The summed E-state index contributed by atoms with van der Waals surface area (Å²) >= 11 is 1.56. The highest BCUT2D eigenvalue weighted by Gasteiger charge is 2.16. The van der Waals surface area contributed by atoms with Gasteiger partial charge in [-0.2, -0.15) is 0 Å². The van der Waals surface area contributed by atoms with Crippen molar-refractivity contribution in [1.29, 1.82) is 0 Å². The Morgan fingerprint density at radius 2 is 2.00 bits per heavy atom. The van der Waals surface area contributed by atoms with E-state index in [2.05, 4.69) is 28.8 Å². The molecule has 1 atom stereocenters. The second kappa shape index (κ2) is 8.59. The fourth-order valence-electron chi connectivity index (χ4n) is 2.07. The molecule has 17 heavy (non-hydrogen) atoms. The van der Waals surface area contributed by atoms with E-state index in [-0.39, 0.29) is 0 Å². The van der Waals surface area contributed by atoms with Crippen LogP contribution in [-0.2, 0) is 6.42 Å². The molecule has 0 bridgehead atoms. The second-order valence-corrected chi connectivity index (χ2v) is 5.31. The summed E-state index contributed by atoms with van der Waals surface area (Å²) < 4.78 is 4.11. The van der Waals surface area contributed by atoms with Gasteiger partial charge >= 0.3 is 0 Å². The first kappa shape index (κ1) is 14.6. The maximum Gasteiger partial charge on any atom is 0.0803 e. The molecular formula is C13H25N3S. The highest BCUT2D eigenvalue weighted by atomic mass is 32.1. The molecule has 0 aromatic carbocycles. The summed E-state index contributed by atoms with van der Waals surface area (Å²) in [6.07, 6.45) is 8.68. The van der Waals surface area contributed by atoms with Crippen molar-refractivity contribution in [3.63, 3.8) is 0 Å². The monoisotopic (exact) mass is 255 g/mol. The Labute approximate surface area is 109 Å². The molecule has 0 spiro atoms. The van der Waals surface area contributed by atoms with Gasteiger partial charge in [0, 0.05) is 6.04 Å². The number of rotatable bonds is 9. The van der Waals surface area contributed by atoms with E-state index >= 15 is 0 Å². The van der Waals surface area contributed by atoms with Crippen LogP contribution in [0.15, 0.2) is 0 Å². The Kier molecular flexibility index (Phi) is 7.37. The predicted octanol–water partition coefficient (Wildman–Crippen LogP) is 3.72. The quantitative estimate of drug-likeness (QED) is 0.683. The number of hydrogen-bond acceptors (Lipinski definition) is 4. The zero-order valence-electron chi connectivity index (χ0n) is 11.3. The van der Waals surface area contributed by atoms with Crippen LogP contribution in [0.3, 0.4) is 0 Å². The topological polar surface area (TPSA) is 37.8 Å². The molecule has 0 aliphatic heterocycles. The van der Waals surface area contributed by atoms with Crippen molar-refractivity contribution in [2.24, 2.45) is 0 Å². The SMILES string of the molecule is CCCCCCC(NC)c1snnc1CCC. The molecule has 1 aromatic rings. The number of unbranched alkanes of at least 4 members (excludes halogenated alkanes) is 3. The van der Waals surface area contributed by atoms with Gasteiger partial charge in [0.2, 0.25) is 0 Å². The minimum absolute atomic E-state index is 0.452. The van der Waals surface area contributed by atoms with Crippen LogP contribution in [-0.4, -0.2) is 16.6 Å². The first-order valence-corrected chi connectivity index (χ1v) is 7.59. The smallest absolute Gasteiger partial charge is 0.0803 e. The van der Waals surface area contributed by atoms with Gasteiger partial charge in [0.15, 0.2) is 0 Å². The van der Waals surface area contributed by atoms with Crippen molar-refractivity contribution in [2.75, 3.05) is 7.05 Å². The van der Waals surface area contributed by atoms with Crippen LogP contribution in [0, 0.1) is 0 Å². The number of nitrogens with one attached hydrogen (secondary N) is 1. The Morgan fingerprint density at radius 1 is 1.18 bits per heavy atom. The Hall–Kier alpha value is -0.480. The Balaban J connectivity index is 2.50. The normalized spacial score (nSPS) is 12.9. The molecule has 1 aromatic heterocycles. The van der Waals surface area contributed by atoms with Gasteiger partial charge in [-0.25, -0.2) is 0 Å². The molecule has 3 nitrogen and oxygen atoms in total. The minimum atomic E-state index is 0.452. The fourth-order valence-corrected chi connectivity index (χ4v) is 2.91. The lowest BCUT2D eigenvalue weighted by atomic mass is 10.0. The van der Waals surface area contributed by atoms with Gasteiger partial charge in [0.25, 0.3) is 0 Å². The fraction of sp³-hybridized carbons (Fsp3) is 0.846. The minimum Gasteiger partial charge on any atom is -0.312 e. The summed E-state index contributed by atoms with van der Waals surface area (Å²) in [6, 6.07) is 0.452. The Morgan fingerprint density at radius 3 is 2.65 bits per heavy atom. The standard InChI is InChI=1S/C13H25N3S/c1-4-6-7-8-10-11(14-3)13-12(9-5-2)15-16-17-13/h11,14H,4-10H2,1-3H3. The van der Waals surface area contributed by atoms with E-state index in [9.17, 15) is 0 Å². The maximum atomic E-state index is 4.25. The van der Waals surface area contributed by atoms with Gasteiger partial charge in [-0.15, -0.1) is 5.10 Å². The summed E-state index contributed by atoms with van der Waals surface area (Å²) in [4.78, 5) is 1.35. The van der Waals surface area contributed by atoms with Crippen molar-refractivity contribution in [3.8, 4) is 0 Å². The average molecular weight is 255 g/mol. The molecule has 0 saturated carbocycles. The van der Waals surface area contributed by atoms with E-state index < -0.39 is 0 Å². The molecule has 0 radical (unpaired) electrons. The van der Waals surface area contributed by atoms with Crippen LogP contribution in [0.1, 0.15) is 69.0 Å². The van der Waals surface area contributed by atoms with Gasteiger partial charge < -0.3 is 5.32 Å². The van der Waals surface area contributed by atoms with Crippen molar-refractivity contribution < 1.29 is 0 Å². The molecule has 1 heterocycles. The predicted molar refractivity (Wildman–Crippen MR) is 74.5 cm³/mol. The second-order valence-electron chi connectivity index (χ2n) is 4.52. The van der Waals surface area contributed by atoms with E-state index in [1.54, 1.807) is 11.5 Å². The molecule has 1 N–H and O–H groups in total. The van der Waals surface area contributed by atoms with Gasteiger partial charge in [-0.05, 0) is 31.4 Å². The van der Waals surface area contributed by atoms with E-state index in [4.69, 9.17) is 0 Å². The Bertz CT molecular complexity index is 299. The zero-order valence-corrected chi connectivity index (χ0v) is 12.1. The van der Waals surface area contributed by atoms with Crippen molar-refractivity contribution in [3.05, 3.63) is 10.6 Å². The summed E-state index contributed by atoms with van der Waals surface area (Å²) in [7, 11) is 2.04. The lowest BCUT2D eigenvalue weighted by molar-refractivity contribution is 0.507. The first-order valence-electron chi connectivity index (χ1n) is 6.81. The summed E-state index contributed by atoms with van der Waals surface area (Å²) in [5, 5.41) is 7.66. The van der Waals surface area contributed by atoms with E-state index in [0.717, 1.165) is 12.8 Å². The molecular weight excluding hydrogens is 230 g/mol. The molecule has 0 aliphatic rings. The van der Waals surface area contributed by atoms with Gasteiger partial charge in [0.1, 0.15) is 0 Å². The van der Waals surface area contributed by atoms with Gasteiger partial charge in [-0.3, -0.25) is 0 Å². The highest BCUT2D eigenvalue weighted by Crippen LogP contribution is 2.25. The maximum absolute atomic E-state index is 4.25. The van der Waals surface area contributed by atoms with Crippen molar-refractivity contribution in [1.82, 2.24) is 14.9 Å². The molecule has 0 aliphatic carbocycles. The van der Waals surface area contributed by atoms with Crippen molar-refractivity contribution >= 4 is 11.5 Å². The van der Waals surface area contributed by atoms with Crippen LogP contribution in [0.4, 0.5) is 0 Å². The number of nitrogens with zero attached hydrogens (tertiary/aromatic N) is 2. The van der Waals surface area contributed by atoms with Crippen LogP contribution >= 0.6 is 11.5 Å². The lowest BCUT2D eigenvalue weighted by Gasteiger charge is -2.14.